The summed E-state index contributed by atoms with van der Waals surface area (Å²) in [4.78, 5) is 32.8. The molecule has 1 aliphatic carbocycles. The summed E-state index contributed by atoms with van der Waals surface area (Å²) in [5.74, 6) is -0.766. The third kappa shape index (κ3) is 3.41. The molecule has 26 heavy (non-hydrogen) atoms. The summed E-state index contributed by atoms with van der Waals surface area (Å²) in [6.07, 6.45) is 2.26. The zero-order chi connectivity index (χ0) is 19.1. The van der Waals surface area contributed by atoms with Crippen molar-refractivity contribution in [2.45, 2.75) is 59.8 Å². The Labute approximate surface area is 159 Å². The molecule has 5 heteroatoms. The molecule has 1 aromatic heterocycles. The molecule has 0 amide bonds. The van der Waals surface area contributed by atoms with Crippen LogP contribution in [-0.4, -0.2) is 24.1 Å². The molecular weight excluding hydrogens is 346 g/mol. The molecule has 0 spiro atoms. The average molecular weight is 374 g/mol. The van der Waals surface area contributed by atoms with Crippen LogP contribution < -0.4 is 0 Å². The maximum atomic E-state index is 13.1. The first-order valence-corrected chi connectivity index (χ1v) is 10.2. The zero-order valence-electron chi connectivity index (χ0n) is 16.2. The largest absolute Gasteiger partial charge is 0.463 e. The van der Waals surface area contributed by atoms with E-state index in [9.17, 15) is 9.59 Å². The first kappa shape index (κ1) is 19.0. The fourth-order valence-electron chi connectivity index (χ4n) is 4.13. The summed E-state index contributed by atoms with van der Waals surface area (Å²) in [5.41, 5.74) is 2.09. The van der Waals surface area contributed by atoms with Crippen molar-refractivity contribution in [1.82, 2.24) is 0 Å². The van der Waals surface area contributed by atoms with Crippen LogP contribution in [-0.2, 0) is 20.7 Å². The normalized spacial score (nSPS) is 25.0. The predicted molar refractivity (Wildman–Crippen MR) is 105 cm³/mol. The van der Waals surface area contributed by atoms with Crippen LogP contribution in [0, 0.1) is 11.3 Å². The van der Waals surface area contributed by atoms with Crippen LogP contribution in [0.4, 0.5) is 0 Å². The lowest BCUT2D eigenvalue weighted by atomic mass is 9.64. The van der Waals surface area contributed by atoms with Gasteiger partial charge in [-0.25, -0.2) is 4.79 Å². The van der Waals surface area contributed by atoms with Crippen molar-refractivity contribution in [3.05, 3.63) is 33.2 Å². The van der Waals surface area contributed by atoms with E-state index >= 15 is 0 Å². The van der Waals surface area contributed by atoms with Crippen LogP contribution in [0.15, 0.2) is 28.4 Å². The van der Waals surface area contributed by atoms with Gasteiger partial charge in [0.15, 0.2) is 0 Å². The van der Waals surface area contributed by atoms with Gasteiger partial charge in [0.2, 0.25) is 0 Å². The Bertz CT molecular complexity index is 800. The minimum Gasteiger partial charge on any atom is -0.463 e. The van der Waals surface area contributed by atoms with E-state index in [1.165, 1.54) is 4.88 Å². The fourth-order valence-corrected chi connectivity index (χ4v) is 5.23. The number of aliphatic imine (C=N–C) groups is 1. The molecule has 1 fully saturated rings. The smallest absolute Gasteiger partial charge is 0.336 e. The minimum atomic E-state index is -0.345. The molecule has 0 aromatic carbocycles. The monoisotopic (exact) mass is 373 g/mol. The van der Waals surface area contributed by atoms with Crippen molar-refractivity contribution in [3.63, 3.8) is 0 Å². The van der Waals surface area contributed by atoms with Gasteiger partial charge in [-0.1, -0.05) is 20.8 Å². The summed E-state index contributed by atoms with van der Waals surface area (Å²) in [6.45, 7) is 10.3. The molecule has 1 aliphatic heterocycles. The molecule has 1 aromatic rings. The number of ketones is 1. The SMILES string of the molecule is CCOC(=O)C1=C(C)N=C2CC(C)(C)CC(=O)C2[C@H]1c1ccc(CC)s1. The molecule has 2 heterocycles. The number of Topliss-reactive ketones (excluding diaryl/α,β-unsaturated/α-hetero) is 1. The van der Waals surface area contributed by atoms with Gasteiger partial charge in [-0.2, -0.15) is 0 Å². The van der Waals surface area contributed by atoms with Crippen molar-refractivity contribution in [2.24, 2.45) is 16.3 Å². The number of rotatable bonds is 4. The molecule has 0 saturated heterocycles. The van der Waals surface area contributed by atoms with E-state index in [4.69, 9.17) is 9.73 Å². The Kier molecular flexibility index (Phi) is 5.20. The molecule has 4 nitrogen and oxygen atoms in total. The number of fused-ring (bicyclic) bond motifs is 1. The number of hydrogen-bond acceptors (Lipinski definition) is 5. The number of ether oxygens (including phenoxy) is 1. The number of esters is 1. The molecular formula is C21H27NO3S. The van der Waals surface area contributed by atoms with Crippen molar-refractivity contribution in [3.8, 4) is 0 Å². The van der Waals surface area contributed by atoms with E-state index in [0.717, 1.165) is 23.4 Å². The van der Waals surface area contributed by atoms with E-state index in [0.29, 0.717) is 24.3 Å². The van der Waals surface area contributed by atoms with Gasteiger partial charge in [-0.3, -0.25) is 9.79 Å². The van der Waals surface area contributed by atoms with Crippen molar-refractivity contribution < 1.29 is 14.3 Å². The number of aryl methyl sites for hydroxylation is 1. The van der Waals surface area contributed by atoms with Crippen molar-refractivity contribution in [2.75, 3.05) is 6.61 Å². The highest BCUT2D eigenvalue weighted by Crippen LogP contribution is 2.48. The average Bonchev–Trinajstić information content (AvgIpc) is 3.01. The van der Waals surface area contributed by atoms with Gasteiger partial charge in [-0.05, 0) is 44.2 Å². The highest BCUT2D eigenvalue weighted by molar-refractivity contribution is 7.12. The van der Waals surface area contributed by atoms with E-state index in [-0.39, 0.29) is 29.0 Å². The lowest BCUT2D eigenvalue weighted by molar-refractivity contribution is -0.139. The number of carbonyl (C=O) groups is 2. The maximum absolute atomic E-state index is 13.1. The van der Waals surface area contributed by atoms with Crippen LogP contribution in [0.25, 0.3) is 0 Å². The van der Waals surface area contributed by atoms with Gasteiger partial charge in [0, 0.05) is 33.5 Å². The summed E-state index contributed by atoms with van der Waals surface area (Å²) in [7, 11) is 0. The van der Waals surface area contributed by atoms with Gasteiger partial charge in [0.1, 0.15) is 5.78 Å². The molecule has 1 saturated carbocycles. The van der Waals surface area contributed by atoms with Crippen LogP contribution >= 0.6 is 11.3 Å². The molecule has 3 rings (SSSR count). The molecule has 0 radical (unpaired) electrons. The molecule has 0 bridgehead atoms. The predicted octanol–water partition coefficient (Wildman–Crippen LogP) is 4.69. The Morgan fingerprint density at radius 3 is 2.62 bits per heavy atom. The number of hydrogen-bond donors (Lipinski definition) is 0. The Balaban J connectivity index is 2.14. The number of allylic oxidation sites excluding steroid dienone is 1. The highest BCUT2D eigenvalue weighted by atomic mass is 32.1. The molecule has 2 atom stereocenters. The van der Waals surface area contributed by atoms with E-state index < -0.39 is 0 Å². The second-order valence-electron chi connectivity index (χ2n) is 7.92. The minimum absolute atomic E-state index is 0.0806. The maximum Gasteiger partial charge on any atom is 0.336 e. The summed E-state index contributed by atoms with van der Waals surface area (Å²) in [5, 5.41) is 0. The lowest BCUT2D eigenvalue weighted by Crippen LogP contribution is -2.43. The molecule has 140 valence electrons. The number of thiophene rings is 1. The highest BCUT2D eigenvalue weighted by Gasteiger charge is 2.48. The second kappa shape index (κ2) is 7.10. The molecule has 0 N–H and O–H groups in total. The van der Waals surface area contributed by atoms with Gasteiger partial charge in [0.25, 0.3) is 0 Å². The number of nitrogens with zero attached hydrogens (tertiary/aromatic N) is 1. The standard InChI is InChI=1S/C21H27NO3S/c1-6-13-8-9-16(26-13)19-17(20(24)25-7-2)12(3)22-14-10-21(4,5)11-15(23)18(14)19/h8-9,18-19H,6-7,10-11H2,1-5H3/t18?,19-/m0/s1. The fraction of sp³-hybridized carbons (Fsp3) is 0.571. The first-order chi connectivity index (χ1) is 12.3. The van der Waals surface area contributed by atoms with Gasteiger partial charge in [0.05, 0.1) is 18.1 Å². The van der Waals surface area contributed by atoms with Crippen LogP contribution in [0.5, 0.6) is 0 Å². The van der Waals surface area contributed by atoms with Gasteiger partial charge >= 0.3 is 5.97 Å². The van der Waals surface area contributed by atoms with Crippen molar-refractivity contribution in [1.29, 1.82) is 0 Å². The Morgan fingerprint density at radius 1 is 1.27 bits per heavy atom. The van der Waals surface area contributed by atoms with Gasteiger partial charge < -0.3 is 4.74 Å². The van der Waals surface area contributed by atoms with Crippen molar-refractivity contribution >= 4 is 28.8 Å². The third-order valence-electron chi connectivity index (χ3n) is 5.20. The lowest BCUT2D eigenvalue weighted by Gasteiger charge is -2.40. The summed E-state index contributed by atoms with van der Waals surface area (Å²) < 4.78 is 5.32. The quantitative estimate of drug-likeness (QED) is 0.719. The topological polar surface area (TPSA) is 55.7 Å². The zero-order valence-corrected chi connectivity index (χ0v) is 17.0. The van der Waals surface area contributed by atoms with E-state index in [1.807, 2.05) is 6.92 Å². The third-order valence-corrected chi connectivity index (χ3v) is 6.51. The van der Waals surface area contributed by atoms with Crippen LogP contribution in [0.3, 0.4) is 0 Å². The Morgan fingerprint density at radius 2 is 2.00 bits per heavy atom. The summed E-state index contributed by atoms with van der Waals surface area (Å²) in [6, 6.07) is 4.16. The Hall–Kier alpha value is -1.75. The van der Waals surface area contributed by atoms with Crippen LogP contribution in [0.1, 0.15) is 63.1 Å². The number of carbonyl (C=O) groups excluding carboxylic acids is 2. The summed E-state index contributed by atoms with van der Waals surface area (Å²) >= 11 is 1.69. The first-order valence-electron chi connectivity index (χ1n) is 9.34. The molecule has 2 aliphatic rings. The van der Waals surface area contributed by atoms with Crippen LogP contribution in [0.2, 0.25) is 0 Å². The van der Waals surface area contributed by atoms with E-state index in [1.54, 1.807) is 18.3 Å². The molecule has 1 unspecified atom stereocenters. The van der Waals surface area contributed by atoms with Gasteiger partial charge in [-0.15, -0.1) is 11.3 Å². The second-order valence-corrected chi connectivity index (χ2v) is 9.12. The van der Waals surface area contributed by atoms with E-state index in [2.05, 4.69) is 32.9 Å².